The van der Waals surface area contributed by atoms with E-state index in [1.54, 1.807) is 30.2 Å². The van der Waals surface area contributed by atoms with Crippen LogP contribution in [0.15, 0.2) is 81.7 Å². The van der Waals surface area contributed by atoms with Gasteiger partial charge in [-0.1, -0.05) is 42.5 Å². The van der Waals surface area contributed by atoms with E-state index in [1.165, 1.54) is 4.57 Å². The Bertz CT molecular complexity index is 1570. The molecule has 0 aliphatic carbocycles. The maximum atomic E-state index is 12.7. The fourth-order valence-electron chi connectivity index (χ4n) is 3.69. The number of hydrazone groups is 1. The van der Waals surface area contributed by atoms with Crippen molar-refractivity contribution in [2.24, 2.45) is 12.1 Å². The first kappa shape index (κ1) is 19.4. The Kier molecular flexibility index (Phi) is 4.83. The van der Waals surface area contributed by atoms with E-state index in [4.69, 9.17) is 0 Å². The highest BCUT2D eigenvalue weighted by Crippen LogP contribution is 2.23. The fraction of sp³-hybridized carbons (Fsp3) is 0.0870. The molecule has 9 nitrogen and oxygen atoms in total. The van der Waals surface area contributed by atoms with Gasteiger partial charge in [0.2, 0.25) is 5.95 Å². The number of benzene rings is 2. The number of aromatic nitrogens is 5. The average molecular weight is 425 g/mol. The molecule has 0 fully saturated rings. The molecule has 158 valence electrons. The molecule has 0 saturated carbocycles. The average Bonchev–Trinajstić information content (AvgIpc) is 3.17. The molecule has 0 aliphatic rings. The monoisotopic (exact) mass is 425 g/mol. The molecule has 0 aliphatic heterocycles. The van der Waals surface area contributed by atoms with Crippen molar-refractivity contribution in [3.63, 3.8) is 0 Å². The van der Waals surface area contributed by atoms with Crippen molar-refractivity contribution in [3.8, 4) is 0 Å². The van der Waals surface area contributed by atoms with Crippen molar-refractivity contribution >= 4 is 34.1 Å². The standard InChI is InChI=1S/C23H19N7O2/c1-29-20-19(21(31)27-23(29)32)30(14-17-7-4-6-16-5-2-3-8-18(16)17)22(26-20)28-25-13-15-9-11-24-12-10-15/h2-13H,14H2,1H3,(H,26,28)(H,27,31,32)/b25-13-. The molecule has 3 aromatic heterocycles. The molecule has 0 atom stereocenters. The SMILES string of the molecule is Cn1c(=O)[nH]c(=O)c2c1nc(N/N=C\c1ccncc1)n2Cc1cccc2ccccc12. The Morgan fingerprint density at radius 3 is 2.69 bits per heavy atom. The van der Waals surface area contributed by atoms with Gasteiger partial charge in [0.1, 0.15) is 0 Å². The summed E-state index contributed by atoms with van der Waals surface area (Å²) in [6, 6.07) is 17.7. The Hall–Kier alpha value is -4.53. The number of imidazole rings is 1. The summed E-state index contributed by atoms with van der Waals surface area (Å²) < 4.78 is 3.05. The molecule has 5 aromatic rings. The summed E-state index contributed by atoms with van der Waals surface area (Å²) in [5.41, 5.74) is 4.34. The van der Waals surface area contributed by atoms with Crippen molar-refractivity contribution in [2.75, 3.05) is 5.43 Å². The van der Waals surface area contributed by atoms with Crippen LogP contribution in [0.3, 0.4) is 0 Å². The van der Waals surface area contributed by atoms with Crippen molar-refractivity contribution < 1.29 is 0 Å². The van der Waals surface area contributed by atoms with Crippen LogP contribution in [0.2, 0.25) is 0 Å². The second-order valence-corrected chi connectivity index (χ2v) is 7.30. The molecule has 0 radical (unpaired) electrons. The van der Waals surface area contributed by atoms with E-state index in [9.17, 15) is 9.59 Å². The third-order valence-corrected chi connectivity index (χ3v) is 5.30. The molecule has 0 unspecified atom stereocenters. The normalized spacial score (nSPS) is 11.5. The van der Waals surface area contributed by atoms with Gasteiger partial charge < -0.3 is 0 Å². The zero-order valence-electron chi connectivity index (χ0n) is 17.2. The number of fused-ring (bicyclic) bond motifs is 2. The van der Waals surface area contributed by atoms with Crippen LogP contribution in [0.1, 0.15) is 11.1 Å². The molecule has 9 heteroatoms. The largest absolute Gasteiger partial charge is 0.329 e. The molecule has 0 spiro atoms. The number of nitrogens with zero attached hydrogens (tertiary/aromatic N) is 5. The van der Waals surface area contributed by atoms with E-state index in [0.717, 1.165) is 21.9 Å². The number of pyridine rings is 1. The topological polar surface area (TPSA) is 110 Å². The minimum Gasteiger partial charge on any atom is -0.298 e. The van der Waals surface area contributed by atoms with Gasteiger partial charge in [0.25, 0.3) is 5.56 Å². The highest BCUT2D eigenvalue weighted by Gasteiger charge is 2.18. The van der Waals surface area contributed by atoms with Crippen LogP contribution in [-0.4, -0.2) is 30.3 Å². The molecule has 2 aromatic carbocycles. The summed E-state index contributed by atoms with van der Waals surface area (Å²) in [5, 5.41) is 6.44. The van der Waals surface area contributed by atoms with Crippen LogP contribution in [0.5, 0.6) is 0 Å². The Labute approximate surface area is 181 Å². The molecule has 2 N–H and O–H groups in total. The van der Waals surface area contributed by atoms with Crippen LogP contribution >= 0.6 is 0 Å². The third kappa shape index (κ3) is 3.45. The molecular weight excluding hydrogens is 406 g/mol. The number of nitrogens with one attached hydrogen (secondary N) is 2. The minimum atomic E-state index is -0.524. The van der Waals surface area contributed by atoms with Gasteiger partial charge in [-0.2, -0.15) is 10.1 Å². The zero-order chi connectivity index (χ0) is 22.1. The van der Waals surface area contributed by atoms with E-state index in [-0.39, 0.29) is 5.65 Å². The summed E-state index contributed by atoms with van der Waals surface area (Å²) in [6.45, 7) is 0.367. The number of hydrogen-bond donors (Lipinski definition) is 2. The summed E-state index contributed by atoms with van der Waals surface area (Å²) in [5.74, 6) is 0.352. The van der Waals surface area contributed by atoms with Gasteiger partial charge in [0.15, 0.2) is 11.2 Å². The maximum absolute atomic E-state index is 12.7. The smallest absolute Gasteiger partial charge is 0.298 e. The van der Waals surface area contributed by atoms with Crippen LogP contribution in [-0.2, 0) is 13.6 Å². The van der Waals surface area contributed by atoms with E-state index in [1.807, 2.05) is 54.6 Å². The van der Waals surface area contributed by atoms with Crippen LogP contribution in [0.4, 0.5) is 5.95 Å². The number of H-pyrrole nitrogens is 1. The van der Waals surface area contributed by atoms with Crippen molar-refractivity contribution in [1.82, 2.24) is 24.1 Å². The lowest BCUT2D eigenvalue weighted by atomic mass is 10.0. The van der Waals surface area contributed by atoms with Crippen molar-refractivity contribution in [1.29, 1.82) is 0 Å². The van der Waals surface area contributed by atoms with Gasteiger partial charge in [-0.25, -0.2) is 10.2 Å². The van der Waals surface area contributed by atoms with Crippen molar-refractivity contribution in [3.05, 3.63) is 99.0 Å². The highest BCUT2D eigenvalue weighted by molar-refractivity contribution is 5.86. The summed E-state index contributed by atoms with van der Waals surface area (Å²) >= 11 is 0. The first-order chi connectivity index (χ1) is 15.6. The number of hydrogen-bond acceptors (Lipinski definition) is 6. The molecular formula is C23H19N7O2. The van der Waals surface area contributed by atoms with Gasteiger partial charge >= 0.3 is 5.69 Å². The van der Waals surface area contributed by atoms with Gasteiger partial charge in [0, 0.05) is 19.4 Å². The third-order valence-electron chi connectivity index (χ3n) is 5.30. The number of rotatable bonds is 5. The van der Waals surface area contributed by atoms with Gasteiger partial charge in [0.05, 0.1) is 12.8 Å². The lowest BCUT2D eigenvalue weighted by Crippen LogP contribution is -2.29. The molecule has 0 amide bonds. The molecule has 0 bridgehead atoms. The molecule has 32 heavy (non-hydrogen) atoms. The van der Waals surface area contributed by atoms with E-state index in [2.05, 4.69) is 25.5 Å². The lowest BCUT2D eigenvalue weighted by molar-refractivity contribution is 0.811. The first-order valence-corrected chi connectivity index (χ1v) is 9.97. The molecule has 5 rings (SSSR count). The van der Waals surface area contributed by atoms with Crippen LogP contribution in [0.25, 0.3) is 21.9 Å². The second kappa shape index (κ2) is 7.95. The van der Waals surface area contributed by atoms with Gasteiger partial charge in [-0.05, 0) is 34.0 Å². The summed E-state index contributed by atoms with van der Waals surface area (Å²) in [7, 11) is 1.57. The Balaban J connectivity index is 1.64. The Morgan fingerprint density at radius 2 is 1.84 bits per heavy atom. The van der Waals surface area contributed by atoms with Crippen LogP contribution in [0, 0.1) is 0 Å². The summed E-state index contributed by atoms with van der Waals surface area (Å²) in [4.78, 5) is 35.7. The Morgan fingerprint density at radius 1 is 1.06 bits per heavy atom. The second-order valence-electron chi connectivity index (χ2n) is 7.30. The van der Waals surface area contributed by atoms with E-state index < -0.39 is 11.2 Å². The minimum absolute atomic E-state index is 0.278. The number of aromatic amines is 1. The highest BCUT2D eigenvalue weighted by atomic mass is 16.2. The van der Waals surface area contributed by atoms with E-state index in [0.29, 0.717) is 18.0 Å². The van der Waals surface area contributed by atoms with Gasteiger partial charge in [-0.15, -0.1) is 0 Å². The van der Waals surface area contributed by atoms with Crippen molar-refractivity contribution in [2.45, 2.75) is 6.54 Å². The summed E-state index contributed by atoms with van der Waals surface area (Å²) in [6.07, 6.45) is 4.98. The fourth-order valence-corrected chi connectivity index (χ4v) is 3.69. The predicted octanol–water partition coefficient (Wildman–Crippen LogP) is 2.47. The lowest BCUT2D eigenvalue weighted by Gasteiger charge is -2.11. The quantitative estimate of drug-likeness (QED) is 0.332. The zero-order valence-corrected chi connectivity index (χ0v) is 17.2. The van der Waals surface area contributed by atoms with Gasteiger partial charge in [-0.3, -0.25) is 23.9 Å². The number of aryl methyl sites for hydroxylation is 1. The molecule has 0 saturated heterocycles. The number of anilines is 1. The first-order valence-electron chi connectivity index (χ1n) is 9.97. The predicted molar refractivity (Wildman–Crippen MR) is 124 cm³/mol. The van der Waals surface area contributed by atoms with E-state index >= 15 is 0 Å². The van der Waals surface area contributed by atoms with Crippen LogP contribution < -0.4 is 16.7 Å². The molecule has 3 heterocycles. The maximum Gasteiger partial charge on any atom is 0.329 e.